The molecule has 0 aromatic carbocycles. The molecule has 26 heavy (non-hydrogen) atoms. The number of methoxy groups -OCH3 is 1. The van der Waals surface area contributed by atoms with Crippen molar-refractivity contribution >= 4 is 22.7 Å². The predicted octanol–water partition coefficient (Wildman–Crippen LogP) is 2.50. The van der Waals surface area contributed by atoms with Crippen LogP contribution in [-0.2, 0) is 0 Å². The molecule has 0 radical (unpaired) electrons. The minimum Gasteiger partial charge on any atom is -0.494 e. The number of fused-ring (bicyclic) bond motifs is 1. The fourth-order valence-electron chi connectivity index (χ4n) is 3.33. The van der Waals surface area contributed by atoms with E-state index in [2.05, 4.69) is 14.9 Å². The molecule has 0 atom stereocenters. The van der Waals surface area contributed by atoms with Crippen molar-refractivity contribution in [1.29, 1.82) is 0 Å². The second-order valence-electron chi connectivity index (χ2n) is 6.26. The van der Waals surface area contributed by atoms with Gasteiger partial charge in [-0.05, 0) is 13.0 Å². The van der Waals surface area contributed by atoms with Crippen LogP contribution in [0.15, 0.2) is 41.2 Å². The lowest BCUT2D eigenvalue weighted by Gasteiger charge is -2.36. The number of carbonyl (C=O) groups is 1. The van der Waals surface area contributed by atoms with Gasteiger partial charge in [-0.3, -0.25) is 14.8 Å². The third kappa shape index (κ3) is 2.85. The van der Waals surface area contributed by atoms with Gasteiger partial charge in [0.05, 0.1) is 24.6 Å². The molecule has 0 unspecified atom stereocenters. The number of hydrogen-bond acceptors (Lipinski definition) is 6. The van der Waals surface area contributed by atoms with Crippen LogP contribution in [0.25, 0.3) is 11.1 Å². The summed E-state index contributed by atoms with van der Waals surface area (Å²) in [7, 11) is 1.65. The van der Waals surface area contributed by atoms with Gasteiger partial charge in [0.15, 0.2) is 5.58 Å². The van der Waals surface area contributed by atoms with E-state index in [1.165, 1.54) is 0 Å². The summed E-state index contributed by atoms with van der Waals surface area (Å²) in [5.74, 6) is 1.52. The van der Waals surface area contributed by atoms with E-state index in [4.69, 9.17) is 9.15 Å². The van der Waals surface area contributed by atoms with E-state index in [9.17, 15) is 4.79 Å². The van der Waals surface area contributed by atoms with Crippen LogP contribution in [-0.4, -0.2) is 54.1 Å². The third-order valence-electron chi connectivity index (χ3n) is 4.65. The Labute approximate surface area is 151 Å². The number of hydrogen-bond donors (Lipinski definition) is 0. The molecule has 0 saturated carbocycles. The number of piperazine rings is 1. The van der Waals surface area contributed by atoms with Crippen molar-refractivity contribution in [2.24, 2.45) is 0 Å². The van der Waals surface area contributed by atoms with Gasteiger partial charge in [0.25, 0.3) is 5.91 Å². The second-order valence-corrected chi connectivity index (χ2v) is 6.26. The number of pyridine rings is 2. The van der Waals surface area contributed by atoms with Gasteiger partial charge < -0.3 is 19.0 Å². The molecule has 4 heterocycles. The first-order valence-electron chi connectivity index (χ1n) is 8.55. The predicted molar refractivity (Wildman–Crippen MR) is 97.7 cm³/mol. The highest BCUT2D eigenvalue weighted by molar-refractivity contribution is 6.04. The van der Waals surface area contributed by atoms with Crippen molar-refractivity contribution < 1.29 is 13.9 Å². The molecule has 7 heteroatoms. The molecule has 0 N–H and O–H groups in total. The van der Waals surface area contributed by atoms with Crippen molar-refractivity contribution in [2.75, 3.05) is 38.2 Å². The minimum atomic E-state index is -0.0236. The first kappa shape index (κ1) is 16.4. The molecule has 4 rings (SSSR count). The van der Waals surface area contributed by atoms with E-state index in [0.717, 1.165) is 30.3 Å². The molecule has 3 aromatic heterocycles. The van der Waals surface area contributed by atoms with Crippen LogP contribution in [0.2, 0.25) is 0 Å². The standard InChI is InChI=1S/C19H20N4O3/c1-13-11-15-18(26-13)14(3-6-21-15)19(24)23-9-7-22(8-10-23)16-12-20-5-4-17(16)25-2/h3-6,11-12H,7-10H2,1-2H3. The largest absolute Gasteiger partial charge is 0.494 e. The molecule has 0 bridgehead atoms. The SMILES string of the molecule is COc1ccncc1N1CCN(C(=O)c2ccnc3cc(C)oc23)CC1. The zero-order valence-corrected chi connectivity index (χ0v) is 14.8. The Kier molecular flexibility index (Phi) is 4.20. The Balaban J connectivity index is 1.51. The highest BCUT2D eigenvalue weighted by Gasteiger charge is 2.26. The zero-order valence-electron chi connectivity index (χ0n) is 14.8. The number of carbonyl (C=O) groups excluding carboxylic acids is 1. The topological polar surface area (TPSA) is 71.7 Å². The number of aryl methyl sites for hydroxylation is 1. The summed E-state index contributed by atoms with van der Waals surface area (Å²) in [6.07, 6.45) is 5.16. The molecule has 7 nitrogen and oxygen atoms in total. The maximum Gasteiger partial charge on any atom is 0.257 e. The van der Waals surface area contributed by atoms with E-state index >= 15 is 0 Å². The van der Waals surface area contributed by atoms with Crippen LogP contribution in [0, 0.1) is 6.92 Å². The minimum absolute atomic E-state index is 0.0236. The average Bonchev–Trinajstić information content (AvgIpc) is 3.07. The summed E-state index contributed by atoms with van der Waals surface area (Å²) in [5.41, 5.74) is 2.80. The van der Waals surface area contributed by atoms with Crippen LogP contribution in [0.5, 0.6) is 5.75 Å². The van der Waals surface area contributed by atoms with Gasteiger partial charge in [0, 0.05) is 50.7 Å². The number of aromatic nitrogens is 2. The summed E-state index contributed by atoms with van der Waals surface area (Å²) >= 11 is 0. The van der Waals surface area contributed by atoms with Gasteiger partial charge in [-0.1, -0.05) is 0 Å². The maximum atomic E-state index is 13.0. The molecular formula is C19H20N4O3. The maximum absolute atomic E-state index is 13.0. The van der Waals surface area contributed by atoms with Crippen molar-refractivity contribution in [3.8, 4) is 5.75 Å². The fraction of sp³-hybridized carbons (Fsp3) is 0.316. The lowest BCUT2D eigenvalue weighted by atomic mass is 10.2. The third-order valence-corrected chi connectivity index (χ3v) is 4.65. The summed E-state index contributed by atoms with van der Waals surface area (Å²) in [4.78, 5) is 25.5. The molecule has 1 saturated heterocycles. The van der Waals surface area contributed by atoms with E-state index in [-0.39, 0.29) is 5.91 Å². The fourth-order valence-corrected chi connectivity index (χ4v) is 3.33. The number of amides is 1. The molecule has 1 fully saturated rings. The van der Waals surface area contributed by atoms with Gasteiger partial charge in [0.1, 0.15) is 17.0 Å². The van der Waals surface area contributed by atoms with Gasteiger partial charge in [0.2, 0.25) is 0 Å². The Hall–Kier alpha value is -3.09. The average molecular weight is 352 g/mol. The Morgan fingerprint density at radius 3 is 2.77 bits per heavy atom. The number of nitrogens with zero attached hydrogens (tertiary/aromatic N) is 4. The Bertz CT molecular complexity index is 945. The van der Waals surface area contributed by atoms with E-state index in [1.54, 1.807) is 31.8 Å². The summed E-state index contributed by atoms with van der Waals surface area (Å²) in [6.45, 7) is 4.55. The molecule has 1 aliphatic rings. The van der Waals surface area contributed by atoms with Crippen molar-refractivity contribution in [1.82, 2.24) is 14.9 Å². The van der Waals surface area contributed by atoms with Crippen LogP contribution in [0.1, 0.15) is 16.1 Å². The van der Waals surface area contributed by atoms with Crippen LogP contribution >= 0.6 is 0 Å². The van der Waals surface area contributed by atoms with Gasteiger partial charge >= 0.3 is 0 Å². The number of anilines is 1. The van der Waals surface area contributed by atoms with Crippen molar-refractivity contribution in [3.63, 3.8) is 0 Å². The summed E-state index contributed by atoms with van der Waals surface area (Å²) in [5, 5.41) is 0. The highest BCUT2D eigenvalue weighted by atomic mass is 16.5. The molecule has 1 amide bonds. The zero-order chi connectivity index (χ0) is 18.1. The van der Waals surface area contributed by atoms with Crippen LogP contribution in [0.4, 0.5) is 5.69 Å². The molecule has 0 aliphatic carbocycles. The molecule has 1 aliphatic heterocycles. The Morgan fingerprint density at radius 2 is 2.00 bits per heavy atom. The van der Waals surface area contributed by atoms with E-state index in [1.807, 2.05) is 24.0 Å². The van der Waals surface area contributed by atoms with Gasteiger partial charge in [-0.15, -0.1) is 0 Å². The monoisotopic (exact) mass is 352 g/mol. The molecular weight excluding hydrogens is 332 g/mol. The quantitative estimate of drug-likeness (QED) is 0.721. The van der Waals surface area contributed by atoms with Crippen molar-refractivity contribution in [3.05, 3.63) is 48.1 Å². The first-order chi connectivity index (χ1) is 12.7. The van der Waals surface area contributed by atoms with Crippen LogP contribution in [0.3, 0.4) is 0 Å². The van der Waals surface area contributed by atoms with E-state index < -0.39 is 0 Å². The second kappa shape index (κ2) is 6.67. The smallest absolute Gasteiger partial charge is 0.257 e. The van der Waals surface area contributed by atoms with Gasteiger partial charge in [-0.2, -0.15) is 0 Å². The summed E-state index contributed by atoms with van der Waals surface area (Å²) < 4.78 is 11.1. The lowest BCUT2D eigenvalue weighted by Crippen LogP contribution is -2.49. The van der Waals surface area contributed by atoms with Gasteiger partial charge in [-0.25, -0.2) is 0 Å². The van der Waals surface area contributed by atoms with Crippen LogP contribution < -0.4 is 9.64 Å². The normalized spacial score (nSPS) is 14.7. The molecule has 134 valence electrons. The molecule has 0 spiro atoms. The van der Waals surface area contributed by atoms with E-state index in [0.29, 0.717) is 29.8 Å². The summed E-state index contributed by atoms with van der Waals surface area (Å²) in [6, 6.07) is 5.42. The number of rotatable bonds is 3. The highest BCUT2D eigenvalue weighted by Crippen LogP contribution is 2.28. The van der Waals surface area contributed by atoms with Crippen molar-refractivity contribution in [2.45, 2.75) is 6.92 Å². The number of furan rings is 1. The number of ether oxygens (including phenoxy) is 1. The Morgan fingerprint density at radius 1 is 1.19 bits per heavy atom. The molecule has 3 aromatic rings. The first-order valence-corrected chi connectivity index (χ1v) is 8.55. The lowest BCUT2D eigenvalue weighted by molar-refractivity contribution is 0.0747.